The maximum Gasteiger partial charge on any atom is 0.168 e. The Balaban J connectivity index is 2.42. The smallest absolute Gasteiger partial charge is 0.168 e. The van der Waals surface area contributed by atoms with Gasteiger partial charge in [0.1, 0.15) is 0 Å². The van der Waals surface area contributed by atoms with Crippen LogP contribution in [0.15, 0.2) is 52.7 Å². The lowest BCUT2D eigenvalue weighted by Gasteiger charge is -1.96. The summed E-state index contributed by atoms with van der Waals surface area (Å²) < 4.78 is 5.03. The summed E-state index contributed by atoms with van der Waals surface area (Å²) in [6.07, 6.45) is 8.94. The Bertz CT molecular complexity index is 339. The van der Waals surface area contributed by atoms with Crippen molar-refractivity contribution in [3.8, 4) is 0 Å². The van der Waals surface area contributed by atoms with Gasteiger partial charge in [-0.25, -0.2) is 0 Å². The molecular formula is C10H8O2. The van der Waals surface area contributed by atoms with E-state index in [0.717, 1.165) is 5.57 Å². The van der Waals surface area contributed by atoms with Crippen LogP contribution in [-0.4, -0.2) is 5.11 Å². The summed E-state index contributed by atoms with van der Waals surface area (Å²) in [6.45, 7) is 0. The van der Waals surface area contributed by atoms with Crippen molar-refractivity contribution >= 4 is 5.76 Å². The Hall–Kier alpha value is -1.70. The van der Waals surface area contributed by atoms with Crippen LogP contribution in [-0.2, 0) is 0 Å². The van der Waals surface area contributed by atoms with Gasteiger partial charge in [-0.3, -0.25) is 0 Å². The first-order chi connectivity index (χ1) is 5.88. The van der Waals surface area contributed by atoms with Crippen LogP contribution in [0.1, 0.15) is 5.76 Å². The number of hydrogen-bond acceptors (Lipinski definition) is 2. The van der Waals surface area contributed by atoms with Gasteiger partial charge in [0.05, 0.1) is 6.26 Å². The van der Waals surface area contributed by atoms with Crippen molar-refractivity contribution in [2.45, 2.75) is 0 Å². The molecule has 60 valence electrons. The average molecular weight is 160 g/mol. The number of aliphatic hydroxyl groups excluding tert-OH is 1. The Morgan fingerprint density at radius 2 is 2.00 bits per heavy atom. The molecule has 2 rings (SSSR count). The molecule has 1 N–H and O–H groups in total. The van der Waals surface area contributed by atoms with E-state index in [-0.39, 0.29) is 5.76 Å². The molecule has 0 radical (unpaired) electrons. The Kier molecular flexibility index (Phi) is 1.59. The van der Waals surface area contributed by atoms with Crippen LogP contribution < -0.4 is 0 Å². The van der Waals surface area contributed by atoms with Crippen molar-refractivity contribution in [1.82, 2.24) is 0 Å². The quantitative estimate of drug-likeness (QED) is 0.640. The zero-order valence-electron chi connectivity index (χ0n) is 6.40. The highest BCUT2D eigenvalue weighted by Crippen LogP contribution is 2.20. The van der Waals surface area contributed by atoms with Gasteiger partial charge in [-0.15, -0.1) is 0 Å². The monoisotopic (exact) mass is 160 g/mol. The molecule has 0 atom stereocenters. The SMILES string of the molecule is OC(=C1C=CC=C1)c1ccco1. The molecule has 0 unspecified atom stereocenters. The van der Waals surface area contributed by atoms with Crippen molar-refractivity contribution in [3.63, 3.8) is 0 Å². The molecule has 1 aliphatic rings. The van der Waals surface area contributed by atoms with E-state index in [0.29, 0.717) is 5.76 Å². The molecule has 0 fully saturated rings. The van der Waals surface area contributed by atoms with Crippen LogP contribution in [0, 0.1) is 0 Å². The van der Waals surface area contributed by atoms with E-state index in [1.807, 2.05) is 24.3 Å². The topological polar surface area (TPSA) is 33.4 Å². The van der Waals surface area contributed by atoms with Gasteiger partial charge >= 0.3 is 0 Å². The van der Waals surface area contributed by atoms with Gasteiger partial charge in [0.15, 0.2) is 11.5 Å². The van der Waals surface area contributed by atoms with E-state index >= 15 is 0 Å². The first kappa shape index (κ1) is 6.98. The van der Waals surface area contributed by atoms with E-state index in [2.05, 4.69) is 0 Å². The van der Waals surface area contributed by atoms with E-state index < -0.39 is 0 Å². The first-order valence-corrected chi connectivity index (χ1v) is 3.70. The second-order valence-corrected chi connectivity index (χ2v) is 2.50. The van der Waals surface area contributed by atoms with E-state index in [4.69, 9.17) is 4.42 Å². The van der Waals surface area contributed by atoms with Gasteiger partial charge in [-0.2, -0.15) is 0 Å². The molecule has 1 aliphatic carbocycles. The predicted molar refractivity (Wildman–Crippen MR) is 46.5 cm³/mol. The van der Waals surface area contributed by atoms with E-state index in [9.17, 15) is 5.11 Å². The fraction of sp³-hybridized carbons (Fsp3) is 0. The lowest BCUT2D eigenvalue weighted by molar-refractivity contribution is 0.457. The second-order valence-electron chi connectivity index (χ2n) is 2.50. The fourth-order valence-electron chi connectivity index (χ4n) is 1.09. The minimum absolute atomic E-state index is 0.185. The number of rotatable bonds is 1. The first-order valence-electron chi connectivity index (χ1n) is 3.70. The summed E-state index contributed by atoms with van der Waals surface area (Å²) in [5.41, 5.74) is 0.782. The zero-order chi connectivity index (χ0) is 8.39. The minimum atomic E-state index is 0.185. The minimum Gasteiger partial charge on any atom is -0.504 e. The largest absolute Gasteiger partial charge is 0.504 e. The van der Waals surface area contributed by atoms with Crippen molar-refractivity contribution in [1.29, 1.82) is 0 Å². The lowest BCUT2D eigenvalue weighted by atomic mass is 10.2. The van der Waals surface area contributed by atoms with Gasteiger partial charge in [0.25, 0.3) is 0 Å². The predicted octanol–water partition coefficient (Wildman–Crippen LogP) is 2.67. The normalized spacial score (nSPS) is 14.2. The van der Waals surface area contributed by atoms with Crippen molar-refractivity contribution in [2.24, 2.45) is 0 Å². The third-order valence-electron chi connectivity index (χ3n) is 1.69. The van der Waals surface area contributed by atoms with Crippen molar-refractivity contribution in [3.05, 3.63) is 54.0 Å². The fourth-order valence-corrected chi connectivity index (χ4v) is 1.09. The van der Waals surface area contributed by atoms with E-state index in [1.54, 1.807) is 12.1 Å². The molecule has 0 bridgehead atoms. The number of hydrogen-bond donors (Lipinski definition) is 1. The van der Waals surface area contributed by atoms with Crippen LogP contribution in [0.5, 0.6) is 0 Å². The standard InChI is InChI=1S/C10H8O2/c11-10(8-4-1-2-5-8)9-6-3-7-12-9/h1-7,11H. The Morgan fingerprint density at radius 3 is 2.58 bits per heavy atom. The lowest BCUT2D eigenvalue weighted by Crippen LogP contribution is -1.81. The maximum absolute atomic E-state index is 9.59. The molecule has 0 saturated carbocycles. The summed E-state index contributed by atoms with van der Waals surface area (Å²) in [4.78, 5) is 0. The van der Waals surface area contributed by atoms with Gasteiger partial charge in [-0.1, -0.05) is 24.3 Å². The Labute approximate surface area is 70.1 Å². The summed E-state index contributed by atoms with van der Waals surface area (Å²) in [5.74, 6) is 0.686. The molecule has 1 aromatic heterocycles. The van der Waals surface area contributed by atoms with Crippen molar-refractivity contribution < 1.29 is 9.52 Å². The molecule has 0 spiro atoms. The van der Waals surface area contributed by atoms with Crippen LogP contribution in [0.3, 0.4) is 0 Å². The number of furan rings is 1. The molecule has 0 saturated heterocycles. The molecule has 1 aromatic rings. The molecule has 12 heavy (non-hydrogen) atoms. The third-order valence-corrected chi connectivity index (χ3v) is 1.69. The Morgan fingerprint density at radius 1 is 1.25 bits per heavy atom. The summed E-state index contributed by atoms with van der Waals surface area (Å²) in [6, 6.07) is 3.47. The highest BCUT2D eigenvalue weighted by atomic mass is 16.4. The van der Waals surface area contributed by atoms with E-state index in [1.165, 1.54) is 6.26 Å². The van der Waals surface area contributed by atoms with Crippen LogP contribution in [0.25, 0.3) is 5.76 Å². The highest BCUT2D eigenvalue weighted by molar-refractivity contribution is 5.65. The molecular weight excluding hydrogens is 152 g/mol. The second kappa shape index (κ2) is 2.74. The molecule has 0 aliphatic heterocycles. The molecule has 1 heterocycles. The number of aliphatic hydroxyl groups is 1. The van der Waals surface area contributed by atoms with Gasteiger partial charge < -0.3 is 9.52 Å². The maximum atomic E-state index is 9.59. The molecule has 0 aromatic carbocycles. The molecule has 0 amide bonds. The summed E-state index contributed by atoms with van der Waals surface area (Å²) >= 11 is 0. The highest BCUT2D eigenvalue weighted by Gasteiger charge is 2.06. The third kappa shape index (κ3) is 1.07. The molecule has 2 nitrogen and oxygen atoms in total. The van der Waals surface area contributed by atoms with Crippen LogP contribution in [0.2, 0.25) is 0 Å². The van der Waals surface area contributed by atoms with Crippen LogP contribution in [0.4, 0.5) is 0 Å². The molecule has 2 heteroatoms. The summed E-state index contributed by atoms with van der Waals surface area (Å²) in [5, 5.41) is 9.59. The number of allylic oxidation sites excluding steroid dienone is 5. The van der Waals surface area contributed by atoms with Gasteiger partial charge in [0.2, 0.25) is 0 Å². The van der Waals surface area contributed by atoms with Gasteiger partial charge in [-0.05, 0) is 12.1 Å². The summed E-state index contributed by atoms with van der Waals surface area (Å²) in [7, 11) is 0. The van der Waals surface area contributed by atoms with Crippen molar-refractivity contribution in [2.75, 3.05) is 0 Å². The van der Waals surface area contributed by atoms with Crippen LogP contribution >= 0.6 is 0 Å². The zero-order valence-corrected chi connectivity index (χ0v) is 6.40. The van der Waals surface area contributed by atoms with Gasteiger partial charge in [0, 0.05) is 5.57 Å². The average Bonchev–Trinajstić information content (AvgIpc) is 2.77.